The number of carbonyl (C=O) groups is 1. The van der Waals surface area contributed by atoms with Crippen molar-refractivity contribution in [3.8, 4) is 0 Å². The van der Waals surface area contributed by atoms with Crippen LogP contribution in [0.25, 0.3) is 0 Å². The monoisotopic (exact) mass is 281 g/mol. The Morgan fingerprint density at radius 1 is 1.53 bits per heavy atom. The summed E-state index contributed by atoms with van der Waals surface area (Å²) in [4.78, 5) is 18.8. The predicted octanol–water partition coefficient (Wildman–Crippen LogP) is 1.18. The molecule has 0 bridgehead atoms. The number of nitrogens with zero attached hydrogens (tertiary/aromatic N) is 1. The fraction of sp³-hybridized carbons (Fsp3) is 0.600. The molecule has 0 saturated heterocycles. The number of methoxy groups -OCH3 is 1. The number of hydrogen-bond donors (Lipinski definition) is 2. The Kier molecular flexibility index (Phi) is 5.45. The zero-order valence-corrected chi connectivity index (χ0v) is 11.6. The Morgan fingerprint density at radius 2 is 2.18 bits per heavy atom. The van der Waals surface area contributed by atoms with E-state index in [9.17, 15) is 4.79 Å². The second-order valence-corrected chi connectivity index (χ2v) is 4.28. The molecule has 0 aliphatic carbocycles. The molecule has 0 aromatic carbocycles. The molecular weight excluding hydrogens is 265 g/mol. The number of ether oxygens (including phenoxy) is 1. The highest BCUT2D eigenvalue weighted by atomic mass is 35.5. The van der Waals surface area contributed by atoms with Crippen molar-refractivity contribution in [2.24, 2.45) is 0 Å². The Bertz CT molecular complexity index is 393. The molecule has 2 rings (SSSR count). The highest BCUT2D eigenvalue weighted by Gasteiger charge is 2.37. The summed E-state index contributed by atoms with van der Waals surface area (Å²) in [6, 6.07) is -0.294. The van der Waals surface area contributed by atoms with Gasteiger partial charge in [0.2, 0.25) is 0 Å². The van der Waals surface area contributed by atoms with Crippen LogP contribution < -0.4 is 5.32 Å². The van der Waals surface area contributed by atoms with E-state index < -0.39 is 0 Å². The van der Waals surface area contributed by atoms with Gasteiger partial charge in [-0.15, -0.1) is 24.8 Å². The highest BCUT2D eigenvalue weighted by Crippen LogP contribution is 2.27. The number of rotatable bonds is 1. The molecule has 0 fully saturated rings. The normalized spacial score (nSPS) is 20.5. The van der Waals surface area contributed by atoms with Crippen LogP contribution in [0.15, 0.2) is 6.33 Å². The van der Waals surface area contributed by atoms with E-state index in [-0.39, 0.29) is 42.4 Å². The van der Waals surface area contributed by atoms with Gasteiger partial charge in [0.05, 0.1) is 24.7 Å². The minimum absolute atomic E-state index is 0. The van der Waals surface area contributed by atoms with Crippen molar-refractivity contribution in [3.63, 3.8) is 0 Å². The summed E-state index contributed by atoms with van der Waals surface area (Å²) in [5, 5.41) is 3.23. The molecule has 5 nitrogen and oxygen atoms in total. The number of imidazole rings is 1. The van der Waals surface area contributed by atoms with Crippen LogP contribution in [0.5, 0.6) is 0 Å². The summed E-state index contributed by atoms with van der Waals surface area (Å²) in [7, 11) is 1.40. The van der Waals surface area contributed by atoms with Crippen LogP contribution in [0.1, 0.15) is 25.2 Å². The summed E-state index contributed by atoms with van der Waals surface area (Å²) in [5.41, 5.74) is 1.68. The number of nitrogens with one attached hydrogen (secondary N) is 2. The largest absolute Gasteiger partial charge is 0.468 e. The Hall–Kier alpha value is -0.780. The van der Waals surface area contributed by atoms with Crippen LogP contribution in [0, 0.1) is 0 Å². The number of aromatic amines is 1. The zero-order chi connectivity index (χ0) is 11.1. The van der Waals surface area contributed by atoms with Crippen molar-refractivity contribution in [3.05, 3.63) is 17.7 Å². The van der Waals surface area contributed by atoms with Crippen LogP contribution in [-0.4, -0.2) is 29.1 Å². The van der Waals surface area contributed by atoms with E-state index in [4.69, 9.17) is 4.74 Å². The molecule has 0 saturated carbocycles. The highest BCUT2D eigenvalue weighted by molar-refractivity contribution is 5.85. The number of hydrogen-bond acceptors (Lipinski definition) is 4. The van der Waals surface area contributed by atoms with Gasteiger partial charge in [0.25, 0.3) is 0 Å². The van der Waals surface area contributed by atoms with Gasteiger partial charge >= 0.3 is 5.97 Å². The minimum Gasteiger partial charge on any atom is -0.468 e. The lowest BCUT2D eigenvalue weighted by Crippen LogP contribution is -2.53. The van der Waals surface area contributed by atoms with Gasteiger partial charge in [-0.1, -0.05) is 0 Å². The first-order valence-corrected chi connectivity index (χ1v) is 4.93. The van der Waals surface area contributed by atoms with Crippen molar-refractivity contribution in [2.45, 2.75) is 31.8 Å². The number of halogens is 2. The molecule has 1 atom stereocenters. The van der Waals surface area contributed by atoms with Crippen LogP contribution in [0.4, 0.5) is 0 Å². The van der Waals surface area contributed by atoms with Gasteiger partial charge < -0.3 is 9.72 Å². The molecule has 1 aliphatic heterocycles. The molecular formula is C10H17Cl2N3O2. The molecule has 7 heteroatoms. The predicted molar refractivity (Wildman–Crippen MR) is 68.8 cm³/mol. The summed E-state index contributed by atoms with van der Waals surface area (Å²) in [5.74, 6) is -0.233. The topological polar surface area (TPSA) is 67.0 Å². The van der Waals surface area contributed by atoms with E-state index >= 15 is 0 Å². The molecule has 0 spiro atoms. The van der Waals surface area contributed by atoms with Crippen molar-refractivity contribution in [1.29, 1.82) is 0 Å². The first-order valence-electron chi connectivity index (χ1n) is 4.93. The van der Waals surface area contributed by atoms with Crippen LogP contribution in [0.3, 0.4) is 0 Å². The lowest BCUT2D eigenvalue weighted by Gasteiger charge is -2.34. The number of esters is 1. The van der Waals surface area contributed by atoms with Gasteiger partial charge in [-0.2, -0.15) is 0 Å². The fourth-order valence-corrected chi connectivity index (χ4v) is 2.06. The average Bonchev–Trinajstić information content (AvgIpc) is 2.64. The first kappa shape index (κ1) is 16.2. The summed E-state index contributed by atoms with van der Waals surface area (Å²) in [6.45, 7) is 4.00. The third kappa shape index (κ3) is 2.91. The molecule has 1 aliphatic rings. The Balaban J connectivity index is 0.00000128. The van der Waals surface area contributed by atoms with Crippen LogP contribution in [0.2, 0.25) is 0 Å². The molecule has 2 heterocycles. The van der Waals surface area contributed by atoms with E-state index in [1.54, 1.807) is 6.33 Å². The van der Waals surface area contributed by atoms with E-state index in [2.05, 4.69) is 15.3 Å². The first-order chi connectivity index (χ1) is 7.04. The smallest absolute Gasteiger partial charge is 0.323 e. The van der Waals surface area contributed by atoms with Crippen molar-refractivity contribution < 1.29 is 9.53 Å². The summed E-state index contributed by atoms with van der Waals surface area (Å²) < 4.78 is 4.74. The maximum absolute atomic E-state index is 11.5. The van der Waals surface area contributed by atoms with Crippen LogP contribution >= 0.6 is 24.8 Å². The third-order valence-electron chi connectivity index (χ3n) is 2.74. The molecule has 1 aromatic rings. The molecule has 2 N–H and O–H groups in total. The number of carbonyl (C=O) groups excluding carboxylic acids is 1. The molecule has 1 aromatic heterocycles. The maximum atomic E-state index is 11.5. The van der Waals surface area contributed by atoms with Gasteiger partial charge in [0.15, 0.2) is 0 Å². The van der Waals surface area contributed by atoms with E-state index in [1.807, 2.05) is 13.8 Å². The molecule has 17 heavy (non-hydrogen) atoms. The van der Waals surface area contributed by atoms with E-state index in [0.717, 1.165) is 11.4 Å². The molecule has 0 amide bonds. The third-order valence-corrected chi connectivity index (χ3v) is 2.74. The average molecular weight is 282 g/mol. The van der Waals surface area contributed by atoms with Gasteiger partial charge in [-0.05, 0) is 13.8 Å². The minimum atomic E-state index is -0.299. The molecule has 98 valence electrons. The van der Waals surface area contributed by atoms with Gasteiger partial charge in [0, 0.05) is 12.1 Å². The quantitative estimate of drug-likeness (QED) is 0.759. The molecule has 0 radical (unpaired) electrons. The maximum Gasteiger partial charge on any atom is 0.323 e. The fourth-order valence-electron chi connectivity index (χ4n) is 2.06. The van der Waals surface area contributed by atoms with Gasteiger partial charge in [-0.25, -0.2) is 4.98 Å². The lowest BCUT2D eigenvalue weighted by molar-refractivity contribution is -0.144. The SMILES string of the molecule is COC(=O)[C@@H]1Cc2[nH]cnc2C(C)(C)N1.Cl.Cl. The number of aromatic nitrogens is 2. The number of H-pyrrole nitrogens is 1. The standard InChI is InChI=1S/C10H15N3O2.2ClH/c1-10(2)8-6(11-5-12-8)4-7(13-10)9(14)15-3;;/h5,7,13H,4H2,1-3H3,(H,11,12);2*1H/t7-;;/m0../s1. The number of fused-ring (bicyclic) bond motifs is 1. The second-order valence-electron chi connectivity index (χ2n) is 4.28. The summed E-state index contributed by atoms with van der Waals surface area (Å²) >= 11 is 0. The Labute approximate surface area is 113 Å². The lowest BCUT2D eigenvalue weighted by atomic mass is 9.90. The summed E-state index contributed by atoms with van der Waals surface area (Å²) in [6.07, 6.45) is 2.26. The van der Waals surface area contributed by atoms with Crippen LogP contribution in [-0.2, 0) is 21.5 Å². The Morgan fingerprint density at radius 3 is 2.76 bits per heavy atom. The molecule has 0 unspecified atom stereocenters. The van der Waals surface area contributed by atoms with Crippen molar-refractivity contribution >= 4 is 30.8 Å². The zero-order valence-electron chi connectivity index (χ0n) is 9.94. The van der Waals surface area contributed by atoms with E-state index in [0.29, 0.717) is 6.42 Å². The van der Waals surface area contributed by atoms with Crippen molar-refractivity contribution in [1.82, 2.24) is 15.3 Å². The van der Waals surface area contributed by atoms with Gasteiger partial charge in [-0.3, -0.25) is 10.1 Å². The van der Waals surface area contributed by atoms with Crippen molar-refractivity contribution in [2.75, 3.05) is 7.11 Å². The second kappa shape index (κ2) is 5.71. The van der Waals surface area contributed by atoms with Gasteiger partial charge in [0.1, 0.15) is 6.04 Å². The van der Waals surface area contributed by atoms with E-state index in [1.165, 1.54) is 7.11 Å².